The van der Waals surface area contributed by atoms with Crippen molar-refractivity contribution < 1.29 is 22.3 Å². The second kappa shape index (κ2) is 10.8. The fourth-order valence-corrected chi connectivity index (χ4v) is 6.29. The second-order valence-electron chi connectivity index (χ2n) is 8.06. The van der Waals surface area contributed by atoms with Crippen LogP contribution in [0.2, 0.25) is 0 Å². The molecule has 1 aliphatic rings. The number of morpholine rings is 1. The van der Waals surface area contributed by atoms with Crippen LogP contribution in [0.25, 0.3) is 10.2 Å². The molecule has 1 saturated heterocycles. The Bertz CT molecular complexity index is 1570. The minimum atomic E-state index is -3.70. The van der Waals surface area contributed by atoms with Gasteiger partial charge in [-0.25, -0.2) is 17.8 Å². The molecule has 0 unspecified atom stereocenters. The second-order valence-corrected chi connectivity index (χ2v) is 11.9. The number of rotatable bonds is 6. The number of ether oxygens (including phenoxy) is 1. The lowest BCUT2D eigenvalue weighted by molar-refractivity contribution is 0.0730. The van der Waals surface area contributed by atoms with Gasteiger partial charge in [0.1, 0.15) is 5.82 Å². The lowest BCUT2D eigenvalue weighted by Crippen LogP contribution is -2.40. The van der Waals surface area contributed by atoms with Crippen molar-refractivity contribution in [1.82, 2.24) is 9.29 Å². The van der Waals surface area contributed by atoms with Crippen LogP contribution in [-0.2, 0) is 14.8 Å². The number of hydrogen-bond acceptors (Lipinski definition) is 7. The van der Waals surface area contributed by atoms with E-state index in [2.05, 4.69) is 26.0 Å². The molecular weight excluding hydrogens is 583 g/mol. The quantitative estimate of drug-likeness (QED) is 0.231. The third-order valence-electron chi connectivity index (χ3n) is 5.61. The van der Waals surface area contributed by atoms with E-state index in [0.29, 0.717) is 23.4 Å². The van der Waals surface area contributed by atoms with Gasteiger partial charge in [-0.05, 0) is 60.2 Å². The Hall–Kier alpha value is -3.03. The van der Waals surface area contributed by atoms with Crippen molar-refractivity contribution in [2.75, 3.05) is 31.3 Å². The van der Waals surface area contributed by atoms with Gasteiger partial charge in [0.2, 0.25) is 15.2 Å². The van der Waals surface area contributed by atoms with Gasteiger partial charge in [-0.1, -0.05) is 39.4 Å². The summed E-state index contributed by atoms with van der Waals surface area (Å²) in [6.45, 7) is 1.24. The molecule has 1 amide bonds. The van der Waals surface area contributed by atoms with Crippen molar-refractivity contribution in [2.24, 2.45) is 5.10 Å². The average Bonchev–Trinajstić information content (AvgIpc) is 3.33. The number of carbonyl (C=O) groups excluding carboxylic acids is 1. The number of thiazole rings is 1. The highest BCUT2D eigenvalue weighted by Crippen LogP contribution is 2.31. The molecular formula is C25H20BrFN4O4S2. The maximum atomic E-state index is 13.7. The van der Waals surface area contributed by atoms with Gasteiger partial charge < -0.3 is 4.74 Å². The summed E-state index contributed by atoms with van der Waals surface area (Å²) >= 11 is 4.51. The first kappa shape index (κ1) is 25.6. The summed E-state index contributed by atoms with van der Waals surface area (Å²) in [6.07, 6.45) is 1.52. The van der Waals surface area contributed by atoms with Gasteiger partial charge in [-0.15, -0.1) is 0 Å². The van der Waals surface area contributed by atoms with Crippen molar-refractivity contribution >= 4 is 64.8 Å². The number of halogens is 2. The first-order chi connectivity index (χ1) is 17.8. The summed E-state index contributed by atoms with van der Waals surface area (Å²) in [4.78, 5) is 18.1. The largest absolute Gasteiger partial charge is 0.379 e. The van der Waals surface area contributed by atoms with E-state index < -0.39 is 21.7 Å². The molecule has 0 N–H and O–H groups in total. The molecule has 1 aliphatic heterocycles. The Labute approximate surface area is 225 Å². The number of hydrazone groups is 1. The Kier molecular flexibility index (Phi) is 7.45. The van der Waals surface area contributed by atoms with Crippen LogP contribution < -0.4 is 5.01 Å². The molecule has 2 heterocycles. The summed E-state index contributed by atoms with van der Waals surface area (Å²) in [7, 11) is -3.70. The fourth-order valence-electron chi connectivity index (χ4n) is 3.67. The van der Waals surface area contributed by atoms with E-state index in [9.17, 15) is 17.6 Å². The Morgan fingerprint density at radius 2 is 1.78 bits per heavy atom. The van der Waals surface area contributed by atoms with Crippen LogP contribution >= 0.6 is 27.3 Å². The van der Waals surface area contributed by atoms with E-state index >= 15 is 0 Å². The first-order valence-corrected chi connectivity index (χ1v) is 14.2. The number of aromatic nitrogens is 1. The standard InChI is InChI=1S/C25H20BrFN4O4S2/c26-19-5-1-17(2-6-19)16-28-31(25-29-22-10-7-20(27)15-23(22)36-25)24(32)18-3-8-21(9-4-18)37(33,34)30-11-13-35-14-12-30/h1-10,15-16H,11-14H2/b28-16+. The summed E-state index contributed by atoms with van der Waals surface area (Å²) < 4.78 is 47.7. The zero-order chi connectivity index (χ0) is 26.0. The molecule has 0 atom stereocenters. The van der Waals surface area contributed by atoms with Gasteiger partial charge in [0.25, 0.3) is 5.91 Å². The number of nitrogens with zero attached hydrogens (tertiary/aromatic N) is 4. The van der Waals surface area contributed by atoms with Crippen LogP contribution in [0.3, 0.4) is 0 Å². The van der Waals surface area contributed by atoms with E-state index in [4.69, 9.17) is 4.74 Å². The van der Waals surface area contributed by atoms with Crippen LogP contribution in [-0.4, -0.2) is 56.1 Å². The molecule has 8 nitrogen and oxygen atoms in total. The minimum Gasteiger partial charge on any atom is -0.379 e. The minimum absolute atomic E-state index is 0.0892. The normalized spacial score (nSPS) is 14.9. The summed E-state index contributed by atoms with van der Waals surface area (Å²) in [5, 5.41) is 5.78. The molecule has 0 saturated carbocycles. The highest BCUT2D eigenvalue weighted by Gasteiger charge is 2.27. The number of amides is 1. The molecule has 37 heavy (non-hydrogen) atoms. The third kappa shape index (κ3) is 5.63. The van der Waals surface area contributed by atoms with Crippen LogP contribution in [0.5, 0.6) is 0 Å². The van der Waals surface area contributed by atoms with Crippen molar-refractivity contribution in [3.63, 3.8) is 0 Å². The van der Waals surface area contributed by atoms with E-state index in [1.165, 1.54) is 53.0 Å². The van der Waals surface area contributed by atoms with Crippen molar-refractivity contribution in [3.8, 4) is 0 Å². The molecule has 0 bridgehead atoms. The molecule has 3 aromatic carbocycles. The molecule has 12 heteroatoms. The number of anilines is 1. The summed E-state index contributed by atoms with van der Waals surface area (Å²) in [5.74, 6) is -0.917. The topological polar surface area (TPSA) is 92.2 Å². The Morgan fingerprint density at radius 1 is 1.08 bits per heavy atom. The molecule has 0 radical (unpaired) electrons. The molecule has 1 fully saturated rings. The first-order valence-electron chi connectivity index (χ1n) is 11.2. The van der Waals surface area contributed by atoms with Gasteiger partial charge in [0.15, 0.2) is 0 Å². The van der Waals surface area contributed by atoms with Crippen LogP contribution in [0.15, 0.2) is 81.2 Å². The monoisotopic (exact) mass is 602 g/mol. The van der Waals surface area contributed by atoms with Gasteiger partial charge in [0.05, 0.1) is 34.5 Å². The summed E-state index contributed by atoms with van der Waals surface area (Å²) in [6, 6.07) is 17.3. The number of benzene rings is 3. The molecule has 1 aromatic heterocycles. The molecule has 0 aliphatic carbocycles. The van der Waals surface area contributed by atoms with Gasteiger partial charge in [-0.3, -0.25) is 4.79 Å². The summed E-state index contributed by atoms with van der Waals surface area (Å²) in [5.41, 5.74) is 1.50. The average molecular weight is 603 g/mol. The number of fused-ring (bicyclic) bond motifs is 1. The highest BCUT2D eigenvalue weighted by molar-refractivity contribution is 9.10. The van der Waals surface area contributed by atoms with E-state index in [-0.39, 0.29) is 28.7 Å². The fraction of sp³-hybridized carbons (Fsp3) is 0.160. The van der Waals surface area contributed by atoms with Crippen molar-refractivity contribution in [2.45, 2.75) is 4.90 Å². The smallest absolute Gasteiger partial charge is 0.280 e. The maximum absolute atomic E-state index is 13.7. The third-order valence-corrected chi connectivity index (χ3v) is 9.05. The SMILES string of the molecule is O=C(c1ccc(S(=O)(=O)N2CCOCC2)cc1)N(/N=C/c1ccc(Br)cc1)c1nc2ccc(F)cc2s1. The van der Waals surface area contributed by atoms with Crippen molar-refractivity contribution in [3.05, 3.63) is 88.1 Å². The lowest BCUT2D eigenvalue weighted by Gasteiger charge is -2.26. The Balaban J connectivity index is 1.47. The number of hydrogen-bond donors (Lipinski definition) is 0. The molecule has 4 aromatic rings. The predicted molar refractivity (Wildman–Crippen MR) is 144 cm³/mol. The van der Waals surface area contributed by atoms with Crippen molar-refractivity contribution in [1.29, 1.82) is 0 Å². The van der Waals surface area contributed by atoms with Crippen LogP contribution in [0, 0.1) is 5.82 Å². The van der Waals surface area contributed by atoms with E-state index in [1.807, 2.05) is 24.3 Å². The van der Waals surface area contributed by atoms with Gasteiger partial charge in [0, 0.05) is 23.1 Å². The Morgan fingerprint density at radius 3 is 2.49 bits per heavy atom. The van der Waals surface area contributed by atoms with Gasteiger partial charge in [-0.2, -0.15) is 14.4 Å². The molecule has 5 rings (SSSR count). The van der Waals surface area contributed by atoms with Gasteiger partial charge >= 0.3 is 0 Å². The highest BCUT2D eigenvalue weighted by atomic mass is 79.9. The lowest BCUT2D eigenvalue weighted by atomic mass is 10.2. The number of sulfonamides is 1. The molecule has 0 spiro atoms. The van der Waals surface area contributed by atoms with E-state index in [0.717, 1.165) is 26.4 Å². The van der Waals surface area contributed by atoms with E-state index in [1.54, 1.807) is 0 Å². The van der Waals surface area contributed by atoms with Crippen LogP contribution in [0.4, 0.5) is 9.52 Å². The number of carbonyl (C=O) groups is 1. The molecule has 190 valence electrons. The van der Waals surface area contributed by atoms with Crippen LogP contribution in [0.1, 0.15) is 15.9 Å². The zero-order valence-electron chi connectivity index (χ0n) is 19.3. The maximum Gasteiger partial charge on any atom is 0.280 e. The zero-order valence-corrected chi connectivity index (χ0v) is 22.5. The predicted octanol–water partition coefficient (Wildman–Crippen LogP) is 4.90.